The molecule has 1 aromatic rings. The second-order valence-corrected chi connectivity index (χ2v) is 7.52. The molecule has 0 unspecified atom stereocenters. The van der Waals surface area contributed by atoms with Gasteiger partial charge in [0.1, 0.15) is 4.21 Å². The number of hydrogen-bond acceptors (Lipinski definition) is 4. The quantitative estimate of drug-likeness (QED) is 0.846. The number of hydrogen-bond donors (Lipinski definition) is 2. The van der Waals surface area contributed by atoms with E-state index in [0.29, 0.717) is 17.2 Å². The predicted octanol–water partition coefficient (Wildman–Crippen LogP) is 2.23. The number of nitrogens with one attached hydrogen (secondary N) is 1. The molecular formula is C10H16ClNO3S2. The van der Waals surface area contributed by atoms with Crippen molar-refractivity contribution in [1.82, 2.24) is 4.72 Å². The molecule has 0 aliphatic carbocycles. The fourth-order valence-electron chi connectivity index (χ4n) is 1.24. The average Bonchev–Trinajstić information content (AvgIpc) is 2.74. The molecule has 0 saturated heterocycles. The van der Waals surface area contributed by atoms with Gasteiger partial charge in [0.2, 0.25) is 10.0 Å². The summed E-state index contributed by atoms with van der Waals surface area (Å²) in [5.41, 5.74) is -0.992. The average molecular weight is 298 g/mol. The van der Waals surface area contributed by atoms with Crippen LogP contribution in [0.15, 0.2) is 16.3 Å². The molecule has 0 saturated carbocycles. The minimum atomic E-state index is -3.57. The number of thiophene rings is 1. The Balaban J connectivity index is 2.75. The van der Waals surface area contributed by atoms with Gasteiger partial charge in [-0.15, -0.1) is 11.3 Å². The lowest BCUT2D eigenvalue weighted by atomic mass is 9.98. The van der Waals surface area contributed by atoms with Gasteiger partial charge in [0.25, 0.3) is 0 Å². The third-order valence-electron chi connectivity index (χ3n) is 2.72. The van der Waals surface area contributed by atoms with Gasteiger partial charge in [-0.1, -0.05) is 25.4 Å². The molecule has 17 heavy (non-hydrogen) atoms. The number of sulfonamides is 1. The van der Waals surface area contributed by atoms with Crippen LogP contribution in [-0.2, 0) is 10.0 Å². The fraction of sp³-hybridized carbons (Fsp3) is 0.600. The van der Waals surface area contributed by atoms with E-state index in [9.17, 15) is 13.5 Å². The van der Waals surface area contributed by atoms with Crippen LogP contribution in [0.4, 0.5) is 0 Å². The molecule has 0 aliphatic rings. The van der Waals surface area contributed by atoms with Crippen molar-refractivity contribution in [2.24, 2.45) is 0 Å². The van der Waals surface area contributed by atoms with E-state index in [2.05, 4.69) is 4.72 Å². The van der Waals surface area contributed by atoms with E-state index in [4.69, 9.17) is 11.6 Å². The van der Waals surface area contributed by atoms with E-state index in [1.807, 2.05) is 13.8 Å². The third kappa shape index (κ3) is 3.93. The summed E-state index contributed by atoms with van der Waals surface area (Å²) in [5.74, 6) is 0. The van der Waals surface area contributed by atoms with E-state index >= 15 is 0 Å². The SMILES string of the molecule is CCC(O)(CC)CNS(=O)(=O)c1ccc(Cl)s1. The molecule has 0 fully saturated rings. The lowest BCUT2D eigenvalue weighted by Gasteiger charge is -2.25. The van der Waals surface area contributed by atoms with Gasteiger partial charge in [-0.05, 0) is 25.0 Å². The molecule has 0 aromatic carbocycles. The Kier molecular flexibility index (Phi) is 4.97. The molecule has 1 rings (SSSR count). The summed E-state index contributed by atoms with van der Waals surface area (Å²) >= 11 is 6.68. The maximum absolute atomic E-state index is 11.9. The van der Waals surface area contributed by atoms with Gasteiger partial charge < -0.3 is 5.11 Å². The highest BCUT2D eigenvalue weighted by atomic mass is 35.5. The highest BCUT2D eigenvalue weighted by Gasteiger charge is 2.26. The first-order chi connectivity index (χ1) is 7.83. The molecular weight excluding hydrogens is 282 g/mol. The summed E-state index contributed by atoms with van der Waals surface area (Å²) in [6, 6.07) is 2.99. The zero-order valence-corrected chi connectivity index (χ0v) is 12.1. The minimum absolute atomic E-state index is 0.0118. The van der Waals surface area contributed by atoms with Gasteiger partial charge >= 0.3 is 0 Å². The van der Waals surface area contributed by atoms with Crippen molar-refractivity contribution in [3.63, 3.8) is 0 Å². The molecule has 1 heterocycles. The molecule has 0 spiro atoms. The van der Waals surface area contributed by atoms with Crippen LogP contribution in [0.3, 0.4) is 0 Å². The van der Waals surface area contributed by atoms with Gasteiger partial charge in [-0.2, -0.15) is 0 Å². The zero-order chi connectivity index (χ0) is 13.1. The van der Waals surface area contributed by atoms with Crippen molar-refractivity contribution >= 4 is 33.0 Å². The van der Waals surface area contributed by atoms with Crippen LogP contribution in [0.1, 0.15) is 26.7 Å². The minimum Gasteiger partial charge on any atom is -0.389 e. The second kappa shape index (κ2) is 5.67. The smallest absolute Gasteiger partial charge is 0.250 e. The van der Waals surface area contributed by atoms with Crippen LogP contribution in [0.25, 0.3) is 0 Å². The van der Waals surface area contributed by atoms with E-state index in [1.54, 1.807) is 0 Å². The normalized spacial score (nSPS) is 12.9. The third-order valence-corrected chi connectivity index (χ3v) is 5.85. The van der Waals surface area contributed by atoms with E-state index in [-0.39, 0.29) is 10.8 Å². The van der Waals surface area contributed by atoms with E-state index < -0.39 is 15.6 Å². The highest BCUT2D eigenvalue weighted by Crippen LogP contribution is 2.25. The van der Waals surface area contributed by atoms with Crippen molar-refractivity contribution in [3.8, 4) is 0 Å². The van der Waals surface area contributed by atoms with Crippen LogP contribution in [-0.4, -0.2) is 25.7 Å². The standard InChI is InChI=1S/C10H16ClNO3S2/c1-3-10(13,4-2)7-12-17(14,15)9-6-5-8(11)16-9/h5-6,12-13H,3-4,7H2,1-2H3. The zero-order valence-electron chi connectivity index (χ0n) is 9.73. The molecule has 0 radical (unpaired) electrons. The Hall–Kier alpha value is -0.140. The number of aliphatic hydroxyl groups is 1. The summed E-state index contributed by atoms with van der Waals surface area (Å²) < 4.78 is 26.7. The molecule has 0 atom stereocenters. The Morgan fingerprint density at radius 1 is 1.41 bits per heavy atom. The van der Waals surface area contributed by atoms with Crippen LogP contribution in [0.2, 0.25) is 4.34 Å². The highest BCUT2D eigenvalue weighted by molar-refractivity contribution is 7.91. The molecule has 0 amide bonds. The molecule has 4 nitrogen and oxygen atoms in total. The van der Waals surface area contributed by atoms with Gasteiger partial charge in [0, 0.05) is 6.54 Å². The summed E-state index contributed by atoms with van der Waals surface area (Å²) in [7, 11) is -3.57. The van der Waals surface area contributed by atoms with E-state index in [0.717, 1.165) is 11.3 Å². The van der Waals surface area contributed by atoms with E-state index in [1.165, 1.54) is 12.1 Å². The molecule has 2 N–H and O–H groups in total. The van der Waals surface area contributed by atoms with Crippen LogP contribution >= 0.6 is 22.9 Å². The lowest BCUT2D eigenvalue weighted by molar-refractivity contribution is 0.0377. The first kappa shape index (κ1) is 14.9. The first-order valence-electron chi connectivity index (χ1n) is 5.30. The summed E-state index contributed by atoms with van der Waals surface area (Å²) in [5, 5.41) is 9.99. The summed E-state index contributed by atoms with van der Waals surface area (Å²) in [4.78, 5) is 0. The van der Waals surface area contributed by atoms with Gasteiger partial charge in [0.15, 0.2) is 0 Å². The fourth-order valence-corrected chi connectivity index (χ4v) is 3.89. The molecule has 98 valence electrons. The van der Waals surface area contributed by atoms with Crippen molar-refractivity contribution < 1.29 is 13.5 Å². The second-order valence-electron chi connectivity index (χ2n) is 3.81. The molecule has 0 aliphatic heterocycles. The van der Waals surface area contributed by atoms with Gasteiger partial charge in [0.05, 0.1) is 9.94 Å². The largest absolute Gasteiger partial charge is 0.389 e. The van der Waals surface area contributed by atoms with Gasteiger partial charge in [-0.3, -0.25) is 0 Å². The monoisotopic (exact) mass is 297 g/mol. The molecule has 7 heteroatoms. The summed E-state index contributed by atoms with van der Waals surface area (Å²) in [6.07, 6.45) is 0.994. The lowest BCUT2D eigenvalue weighted by Crippen LogP contribution is -2.41. The van der Waals surface area contributed by atoms with Crippen molar-refractivity contribution in [3.05, 3.63) is 16.5 Å². The van der Waals surface area contributed by atoms with Crippen molar-refractivity contribution in [1.29, 1.82) is 0 Å². The van der Waals surface area contributed by atoms with Crippen molar-refractivity contribution in [2.75, 3.05) is 6.54 Å². The van der Waals surface area contributed by atoms with Crippen LogP contribution < -0.4 is 4.72 Å². The maximum atomic E-state index is 11.9. The Bertz CT molecular complexity index is 466. The Morgan fingerprint density at radius 2 is 2.00 bits per heavy atom. The summed E-state index contributed by atoms with van der Waals surface area (Å²) in [6.45, 7) is 3.65. The van der Waals surface area contributed by atoms with Gasteiger partial charge in [-0.25, -0.2) is 13.1 Å². The predicted molar refractivity (Wildman–Crippen MR) is 70.0 cm³/mol. The number of halogens is 1. The number of rotatable bonds is 6. The van der Waals surface area contributed by atoms with Crippen LogP contribution in [0, 0.1) is 0 Å². The van der Waals surface area contributed by atoms with Crippen LogP contribution in [0.5, 0.6) is 0 Å². The maximum Gasteiger partial charge on any atom is 0.250 e. The molecule has 0 bridgehead atoms. The van der Waals surface area contributed by atoms with Crippen molar-refractivity contribution in [2.45, 2.75) is 36.5 Å². The molecule has 1 aromatic heterocycles. The topological polar surface area (TPSA) is 66.4 Å². The first-order valence-corrected chi connectivity index (χ1v) is 7.98. The Morgan fingerprint density at radius 3 is 2.41 bits per heavy atom. The Labute approximate surface area is 111 Å².